The third-order valence-corrected chi connectivity index (χ3v) is 11.2. The topological polar surface area (TPSA) is 0 Å². The Labute approximate surface area is 404 Å². The van der Waals surface area contributed by atoms with Crippen LogP contribution in [0.25, 0.3) is 0 Å². The van der Waals surface area contributed by atoms with Crippen LogP contribution in [0.3, 0.4) is 0 Å². The molecular weight excluding hydrogens is 1070 g/mol. The minimum atomic E-state index is 0. The van der Waals surface area contributed by atoms with Gasteiger partial charge in [0.1, 0.15) is 0 Å². The Kier molecular flexibility index (Phi) is 60.8. The summed E-state index contributed by atoms with van der Waals surface area (Å²) in [6.45, 7) is 44.0. The summed E-state index contributed by atoms with van der Waals surface area (Å²) in [6.07, 6.45) is 0. The average Bonchev–Trinajstić information content (AvgIpc) is 3.37. The molecule has 312 valence electrons. The molecule has 0 amide bonds. The van der Waals surface area contributed by atoms with Crippen molar-refractivity contribution in [2.24, 2.45) is 0 Å². The van der Waals surface area contributed by atoms with Crippen LogP contribution in [0.15, 0.2) is 89.2 Å². The van der Waals surface area contributed by atoms with E-state index < -0.39 is 0 Å². The van der Waals surface area contributed by atoms with Crippen molar-refractivity contribution in [1.82, 2.24) is 0 Å². The van der Waals surface area contributed by atoms with Gasteiger partial charge in [0.05, 0.1) is 0 Å². The van der Waals surface area contributed by atoms with Crippen molar-refractivity contribution >= 4 is 0 Å². The first kappa shape index (κ1) is 85.7. The maximum absolute atomic E-state index is 2.20. The van der Waals surface area contributed by atoms with E-state index in [1.165, 1.54) is 113 Å². The summed E-state index contributed by atoms with van der Waals surface area (Å²) in [5.74, 6) is 5.87. The third-order valence-electron chi connectivity index (χ3n) is 11.2. The van der Waals surface area contributed by atoms with Crippen LogP contribution in [0, 0.1) is 23.7 Å². The summed E-state index contributed by atoms with van der Waals surface area (Å²) in [5, 5.41) is 0. The summed E-state index contributed by atoms with van der Waals surface area (Å²) < 4.78 is 0. The van der Waals surface area contributed by atoms with E-state index in [0.717, 1.165) is 0 Å². The Morgan fingerprint density at radius 2 is 0.212 bits per heavy atom. The zero-order valence-corrected chi connectivity index (χ0v) is 42.9. The van der Waals surface area contributed by atoms with E-state index in [1.807, 2.05) is 0 Å². The van der Waals surface area contributed by atoms with E-state index in [1.54, 1.807) is 0 Å². The summed E-state index contributed by atoms with van der Waals surface area (Å²) in [5.41, 5.74) is 23.5. The Balaban J connectivity index is -0.0000000381. The molecule has 0 aromatic carbocycles. The number of hydrogen-bond donors (Lipinski definition) is 0. The molecule has 4 aliphatic carbocycles. The molecule has 8 heteroatoms. The van der Waals surface area contributed by atoms with Gasteiger partial charge in [-0.25, -0.2) is 0 Å². The van der Waals surface area contributed by atoms with Crippen molar-refractivity contribution in [3.8, 4) is 0 Å². The third kappa shape index (κ3) is 19.8. The zero-order chi connectivity index (χ0) is 31.5. The molecule has 0 bridgehead atoms. The molecule has 0 fully saturated rings. The van der Waals surface area contributed by atoms with Crippen LogP contribution in [0.2, 0.25) is 0 Å². The molecule has 0 heterocycles. The Hall–Kier alpha value is 1.57. The van der Waals surface area contributed by atoms with E-state index in [0.29, 0.717) is 0 Å². The standard InChI is InChI=1S/4C10H15.4CH4.4ClH.4Ru/c4*1-6-7(2)9(4)10(5)8(6)3;;;;;;;;;;;;/h4*1-5H3;4*1H4;4*1H;;;;/q;;;;;;;;;;;;4*+1/p-4. The van der Waals surface area contributed by atoms with Crippen LogP contribution in [-0.2, 0) is 77.9 Å². The van der Waals surface area contributed by atoms with Gasteiger partial charge in [0.15, 0.2) is 0 Å². The van der Waals surface area contributed by atoms with Crippen LogP contribution >= 0.6 is 0 Å². The number of hydrogen-bond acceptors (Lipinski definition) is 0. The van der Waals surface area contributed by atoms with Gasteiger partial charge in [0.2, 0.25) is 0 Å². The van der Waals surface area contributed by atoms with Gasteiger partial charge in [-0.2, -0.15) is 0 Å². The SMILES string of the molecule is C.C.C.C.C[C]1C(C)=C(C)C(C)=C1C.C[C]1C(C)=C(C)C(C)=C1C.C[C]1C(C)=C(C)C(C)=C1C.C[C]1C(C)=C(C)C(C)=C1C.[Cl-].[Cl-].[Cl-].[Cl-].[Ru+].[Ru+].[Ru+].[Ru+]. The fourth-order valence-corrected chi connectivity index (χ4v) is 5.62. The largest absolute Gasteiger partial charge is 1.00 e. The first-order chi connectivity index (χ1) is 18.2. The van der Waals surface area contributed by atoms with E-state index in [9.17, 15) is 0 Å². The predicted octanol–water partition coefficient (Wildman–Crippen LogP) is 3.62. The van der Waals surface area contributed by atoms with E-state index in [4.69, 9.17) is 0 Å². The van der Waals surface area contributed by atoms with Crippen LogP contribution in [0.5, 0.6) is 0 Å². The van der Waals surface area contributed by atoms with Crippen LogP contribution < -0.4 is 49.6 Å². The second-order valence-corrected chi connectivity index (χ2v) is 12.5. The molecule has 4 aliphatic rings. The quantitative estimate of drug-likeness (QED) is 0.326. The first-order valence-corrected chi connectivity index (χ1v) is 15.0. The molecule has 0 N–H and O–H groups in total. The molecule has 8 radical (unpaired) electrons. The normalized spacial score (nSPS) is 16.4. The summed E-state index contributed by atoms with van der Waals surface area (Å²) >= 11 is 0. The van der Waals surface area contributed by atoms with E-state index in [2.05, 4.69) is 138 Å². The second kappa shape index (κ2) is 36.9. The zero-order valence-electron chi connectivity index (χ0n) is 32.9. The molecule has 0 saturated heterocycles. The smallest absolute Gasteiger partial charge is 1.00 e. The molecule has 0 unspecified atom stereocenters. The molecule has 0 atom stereocenters. The van der Waals surface area contributed by atoms with E-state index in [-0.39, 0.29) is 157 Å². The van der Waals surface area contributed by atoms with Crippen molar-refractivity contribution in [2.45, 2.75) is 168 Å². The molecule has 0 saturated carbocycles. The molecule has 52 heavy (non-hydrogen) atoms. The fraction of sp³-hybridized carbons (Fsp3) is 0.545. The van der Waals surface area contributed by atoms with E-state index >= 15 is 0 Å². The maximum atomic E-state index is 2.20. The monoisotopic (exact) mass is 1150 g/mol. The van der Waals surface area contributed by atoms with Crippen LogP contribution in [0.1, 0.15) is 168 Å². The fourth-order valence-electron chi connectivity index (χ4n) is 5.62. The summed E-state index contributed by atoms with van der Waals surface area (Å²) in [7, 11) is 0. The number of allylic oxidation sites excluding steroid dienone is 16. The van der Waals surface area contributed by atoms with Gasteiger partial charge in [0, 0.05) is 23.7 Å². The average molecular weight is 1150 g/mol. The number of halogens is 4. The van der Waals surface area contributed by atoms with Gasteiger partial charge >= 0.3 is 77.9 Å². The summed E-state index contributed by atoms with van der Waals surface area (Å²) in [6, 6.07) is 0. The summed E-state index contributed by atoms with van der Waals surface area (Å²) in [4.78, 5) is 0. The minimum absolute atomic E-state index is 0. The molecular formula is C44H76Cl4Ru4. The van der Waals surface area contributed by atoms with Crippen molar-refractivity contribution in [1.29, 1.82) is 0 Å². The molecule has 0 aromatic rings. The molecule has 0 spiro atoms. The van der Waals surface area contributed by atoms with Crippen molar-refractivity contribution in [2.75, 3.05) is 0 Å². The van der Waals surface area contributed by atoms with Gasteiger partial charge in [-0.3, -0.25) is 0 Å². The molecule has 4 rings (SSSR count). The Morgan fingerprint density at radius 3 is 0.231 bits per heavy atom. The Morgan fingerprint density at radius 1 is 0.154 bits per heavy atom. The van der Waals surface area contributed by atoms with Crippen molar-refractivity contribution in [3.05, 3.63) is 113 Å². The number of rotatable bonds is 0. The molecule has 0 aromatic heterocycles. The van der Waals surface area contributed by atoms with Crippen LogP contribution in [-0.4, -0.2) is 0 Å². The predicted molar refractivity (Wildman–Crippen MR) is 210 cm³/mol. The van der Waals surface area contributed by atoms with Gasteiger partial charge in [-0.1, -0.05) is 102 Å². The first-order valence-electron chi connectivity index (χ1n) is 15.0. The van der Waals surface area contributed by atoms with Gasteiger partial charge in [-0.15, -0.1) is 0 Å². The van der Waals surface area contributed by atoms with Gasteiger partial charge in [-0.05, 0) is 155 Å². The Bertz CT molecular complexity index is 1010. The molecule has 0 aliphatic heterocycles. The van der Waals surface area contributed by atoms with Crippen molar-refractivity contribution < 1.29 is 128 Å². The van der Waals surface area contributed by atoms with Crippen molar-refractivity contribution in [3.63, 3.8) is 0 Å². The minimum Gasteiger partial charge on any atom is -1.00 e. The van der Waals surface area contributed by atoms with Crippen LogP contribution in [0.4, 0.5) is 0 Å². The maximum Gasteiger partial charge on any atom is 1.00 e. The second-order valence-electron chi connectivity index (χ2n) is 12.5. The molecule has 0 nitrogen and oxygen atoms in total. The van der Waals surface area contributed by atoms with Gasteiger partial charge < -0.3 is 49.6 Å². The van der Waals surface area contributed by atoms with Gasteiger partial charge in [0.25, 0.3) is 0 Å².